The van der Waals surface area contributed by atoms with E-state index in [9.17, 15) is 4.79 Å². The number of rotatable bonds is 5. The van der Waals surface area contributed by atoms with Crippen molar-refractivity contribution in [2.24, 2.45) is 18.5 Å². The van der Waals surface area contributed by atoms with Gasteiger partial charge in [0.05, 0.1) is 21.8 Å². The van der Waals surface area contributed by atoms with Gasteiger partial charge in [0.25, 0.3) is 5.91 Å². The summed E-state index contributed by atoms with van der Waals surface area (Å²) in [7, 11) is 1.75. The normalized spacial score (nSPS) is 12.3. The van der Waals surface area contributed by atoms with Gasteiger partial charge in [0.1, 0.15) is 4.34 Å². The number of thiophene rings is 1. The summed E-state index contributed by atoms with van der Waals surface area (Å²) in [6.45, 7) is 0.208. The average molecular weight is 430 g/mol. The minimum atomic E-state index is -0.582. The molecule has 5 nitrogen and oxygen atoms in total. The molecule has 1 aromatic carbocycles. The molecule has 0 fully saturated rings. The van der Waals surface area contributed by atoms with E-state index in [4.69, 9.17) is 46.3 Å². The Morgan fingerprint density at radius 2 is 1.96 bits per heavy atom. The van der Waals surface area contributed by atoms with Crippen molar-refractivity contribution in [2.75, 3.05) is 6.54 Å². The maximum absolute atomic E-state index is 12.1. The van der Waals surface area contributed by atoms with Gasteiger partial charge in [-0.15, -0.1) is 11.3 Å². The number of halogens is 3. The summed E-state index contributed by atoms with van der Waals surface area (Å²) in [4.78, 5) is 12.4. The fraction of sp³-hybridized carbons (Fsp3) is 0.176. The van der Waals surface area contributed by atoms with E-state index in [-0.39, 0.29) is 12.5 Å². The highest BCUT2D eigenvalue weighted by molar-refractivity contribution is 7.18. The average Bonchev–Trinajstić information content (AvgIpc) is 3.10. The maximum atomic E-state index is 12.1. The lowest BCUT2D eigenvalue weighted by atomic mass is 9.87. The van der Waals surface area contributed by atoms with Gasteiger partial charge in [-0.1, -0.05) is 53.0 Å². The third-order valence-corrected chi connectivity index (χ3v) is 6.17. The predicted octanol–water partition coefficient (Wildman–Crippen LogP) is 4.30. The van der Waals surface area contributed by atoms with Crippen LogP contribution in [-0.4, -0.2) is 22.2 Å². The number of hydrogen-bond donors (Lipinski definition) is 2. The molecule has 9 heteroatoms. The van der Waals surface area contributed by atoms with Crippen LogP contribution in [0.5, 0.6) is 0 Å². The van der Waals surface area contributed by atoms with Crippen LogP contribution in [-0.2, 0) is 7.05 Å². The van der Waals surface area contributed by atoms with Gasteiger partial charge in [0.2, 0.25) is 0 Å². The molecule has 0 saturated heterocycles. The monoisotopic (exact) mass is 428 g/mol. The van der Waals surface area contributed by atoms with Crippen LogP contribution in [0.3, 0.4) is 0 Å². The molecule has 0 aliphatic carbocycles. The van der Waals surface area contributed by atoms with Crippen LogP contribution in [0.1, 0.15) is 26.7 Å². The van der Waals surface area contributed by atoms with E-state index < -0.39 is 5.91 Å². The lowest BCUT2D eigenvalue weighted by Gasteiger charge is -2.20. The Hall–Kier alpha value is -1.57. The van der Waals surface area contributed by atoms with E-state index in [0.29, 0.717) is 36.1 Å². The third-order valence-electron chi connectivity index (χ3n) is 4.12. The first-order valence-corrected chi connectivity index (χ1v) is 9.56. The zero-order chi connectivity index (χ0) is 19.0. The summed E-state index contributed by atoms with van der Waals surface area (Å²) in [5.74, 6) is -0.960. The van der Waals surface area contributed by atoms with Crippen LogP contribution in [0.25, 0.3) is 11.3 Å². The number of carbonyl (C=O) groups excluding carboxylic acids is 1. The molecule has 2 heterocycles. The minimum absolute atomic E-state index is 0.208. The van der Waals surface area contributed by atoms with Crippen LogP contribution in [0.15, 0.2) is 30.5 Å². The lowest BCUT2D eigenvalue weighted by Crippen LogP contribution is -2.19. The number of nitrogens with two attached hydrogens (primary N) is 2. The Morgan fingerprint density at radius 1 is 1.27 bits per heavy atom. The van der Waals surface area contributed by atoms with E-state index >= 15 is 0 Å². The van der Waals surface area contributed by atoms with Crippen molar-refractivity contribution >= 4 is 52.0 Å². The molecule has 136 valence electrons. The molecule has 0 aliphatic heterocycles. The Kier molecular flexibility index (Phi) is 5.60. The highest BCUT2D eigenvalue weighted by Gasteiger charge is 2.31. The summed E-state index contributed by atoms with van der Waals surface area (Å²) < 4.78 is 2.00. The number of primary amides is 1. The SMILES string of the molecule is Cn1ncc(Cl)c1-c1c(Cl)sc(C(N)=O)c1C(CN)c1ccccc1Cl. The summed E-state index contributed by atoms with van der Waals surface area (Å²) in [6.07, 6.45) is 1.52. The van der Waals surface area contributed by atoms with Crippen molar-refractivity contribution < 1.29 is 4.79 Å². The number of nitrogens with zero attached hydrogens (tertiary/aromatic N) is 2. The summed E-state index contributed by atoms with van der Waals surface area (Å²) >= 11 is 20.3. The molecule has 4 N–H and O–H groups in total. The number of aryl methyl sites for hydroxylation is 1. The first-order chi connectivity index (χ1) is 12.4. The molecule has 1 unspecified atom stereocenters. The highest BCUT2D eigenvalue weighted by atomic mass is 35.5. The van der Waals surface area contributed by atoms with Gasteiger partial charge in [0, 0.05) is 30.1 Å². The van der Waals surface area contributed by atoms with Gasteiger partial charge in [-0.25, -0.2) is 0 Å². The van der Waals surface area contributed by atoms with E-state index in [2.05, 4.69) is 5.10 Å². The summed E-state index contributed by atoms with van der Waals surface area (Å²) in [5.41, 5.74) is 14.3. The van der Waals surface area contributed by atoms with Gasteiger partial charge < -0.3 is 11.5 Å². The Balaban J connectivity index is 2.35. The quantitative estimate of drug-likeness (QED) is 0.634. The molecule has 1 amide bonds. The van der Waals surface area contributed by atoms with Crippen LogP contribution < -0.4 is 11.5 Å². The zero-order valence-electron chi connectivity index (χ0n) is 13.7. The van der Waals surface area contributed by atoms with Gasteiger partial charge in [0.15, 0.2) is 0 Å². The molecule has 0 spiro atoms. The van der Waals surface area contributed by atoms with Crippen LogP contribution in [0, 0.1) is 0 Å². The second-order valence-electron chi connectivity index (χ2n) is 5.63. The number of benzene rings is 1. The molecular formula is C17H15Cl3N4OS. The van der Waals surface area contributed by atoms with E-state index in [0.717, 1.165) is 16.9 Å². The number of aromatic nitrogens is 2. The van der Waals surface area contributed by atoms with Gasteiger partial charge in [-0.3, -0.25) is 9.48 Å². The van der Waals surface area contributed by atoms with Crippen molar-refractivity contribution in [1.82, 2.24) is 9.78 Å². The number of hydrogen-bond acceptors (Lipinski definition) is 4. The molecule has 1 atom stereocenters. The van der Waals surface area contributed by atoms with Crippen LogP contribution >= 0.6 is 46.1 Å². The van der Waals surface area contributed by atoms with Crippen molar-refractivity contribution in [1.29, 1.82) is 0 Å². The molecule has 26 heavy (non-hydrogen) atoms. The van der Waals surface area contributed by atoms with Gasteiger partial charge in [-0.2, -0.15) is 5.10 Å². The van der Waals surface area contributed by atoms with Crippen molar-refractivity contribution in [3.63, 3.8) is 0 Å². The van der Waals surface area contributed by atoms with Gasteiger partial charge in [-0.05, 0) is 17.2 Å². The van der Waals surface area contributed by atoms with Crippen molar-refractivity contribution in [3.05, 3.63) is 60.8 Å². The van der Waals surface area contributed by atoms with E-state index in [1.165, 1.54) is 6.20 Å². The first-order valence-electron chi connectivity index (χ1n) is 7.61. The van der Waals surface area contributed by atoms with E-state index in [1.807, 2.05) is 18.2 Å². The Bertz CT molecular complexity index is 963. The largest absolute Gasteiger partial charge is 0.365 e. The lowest BCUT2D eigenvalue weighted by molar-refractivity contribution is 0.100. The maximum Gasteiger partial charge on any atom is 0.259 e. The molecule has 0 bridgehead atoms. The van der Waals surface area contributed by atoms with Crippen molar-refractivity contribution in [2.45, 2.75) is 5.92 Å². The second kappa shape index (κ2) is 7.58. The zero-order valence-corrected chi connectivity index (χ0v) is 16.8. The molecule has 0 radical (unpaired) electrons. The van der Waals surface area contributed by atoms with Crippen molar-refractivity contribution in [3.8, 4) is 11.3 Å². The fourth-order valence-electron chi connectivity index (χ4n) is 3.00. The first kappa shape index (κ1) is 19.2. The minimum Gasteiger partial charge on any atom is -0.365 e. The van der Waals surface area contributed by atoms with Gasteiger partial charge >= 0.3 is 0 Å². The smallest absolute Gasteiger partial charge is 0.259 e. The molecule has 0 aliphatic rings. The number of amides is 1. The van der Waals surface area contributed by atoms with Crippen LogP contribution in [0.2, 0.25) is 14.4 Å². The van der Waals surface area contributed by atoms with Crippen LogP contribution in [0.4, 0.5) is 0 Å². The highest BCUT2D eigenvalue weighted by Crippen LogP contribution is 2.47. The standard InChI is InChI=1S/C17H15Cl3N4OS/c1-24-14(11(19)7-23-24)13-12(15(17(22)25)26-16(13)20)9(6-21)8-4-2-3-5-10(8)18/h2-5,7,9H,6,21H2,1H3,(H2,22,25). The topological polar surface area (TPSA) is 86.9 Å². The Labute approximate surface area is 169 Å². The molecule has 0 saturated carbocycles. The molecular weight excluding hydrogens is 415 g/mol. The second-order valence-corrected chi connectivity index (χ2v) is 8.07. The Morgan fingerprint density at radius 3 is 2.50 bits per heavy atom. The van der Waals surface area contributed by atoms with E-state index in [1.54, 1.807) is 17.8 Å². The molecule has 3 rings (SSSR count). The number of carbonyl (C=O) groups is 1. The predicted molar refractivity (Wildman–Crippen MR) is 107 cm³/mol. The fourth-order valence-corrected chi connectivity index (χ4v) is 4.89. The third kappa shape index (κ3) is 3.23. The summed E-state index contributed by atoms with van der Waals surface area (Å²) in [6, 6.07) is 7.32. The molecule has 3 aromatic rings. The molecule has 2 aromatic heterocycles. The summed E-state index contributed by atoms with van der Waals surface area (Å²) in [5, 5.41) is 5.12.